The lowest BCUT2D eigenvalue weighted by Crippen LogP contribution is -2.22. The largest absolute Gasteiger partial charge is 0.507 e. The lowest BCUT2D eigenvalue weighted by Gasteiger charge is -2.27. The molecule has 0 spiro atoms. The Labute approximate surface area is 190 Å². The molecule has 8 heteroatoms. The van der Waals surface area contributed by atoms with Crippen molar-refractivity contribution in [1.29, 1.82) is 0 Å². The highest BCUT2D eigenvalue weighted by Crippen LogP contribution is 2.55. The first-order valence-corrected chi connectivity index (χ1v) is 10.9. The summed E-state index contributed by atoms with van der Waals surface area (Å²) in [5, 5.41) is 33.1. The van der Waals surface area contributed by atoms with E-state index in [1.165, 1.54) is 24.9 Å². The maximum atomic E-state index is 13.4. The van der Waals surface area contributed by atoms with Crippen LogP contribution in [0.1, 0.15) is 36.6 Å². The summed E-state index contributed by atoms with van der Waals surface area (Å²) in [5.74, 6) is -0.0603. The number of benzene rings is 2. The molecule has 0 fully saturated rings. The van der Waals surface area contributed by atoms with Crippen molar-refractivity contribution in [1.82, 2.24) is 4.57 Å². The zero-order valence-corrected chi connectivity index (χ0v) is 19.3. The van der Waals surface area contributed by atoms with E-state index in [0.717, 1.165) is 12.8 Å². The smallest absolute Gasteiger partial charge is 0.262 e. The lowest BCUT2D eigenvalue weighted by atomic mass is 9.81. The first kappa shape index (κ1) is 22.1. The Morgan fingerprint density at radius 2 is 1.62 bits per heavy atom. The molecule has 0 unspecified atom stereocenters. The van der Waals surface area contributed by atoms with E-state index in [1.807, 2.05) is 0 Å². The molecule has 0 bridgehead atoms. The average Bonchev–Trinajstić information content (AvgIpc) is 2.77. The summed E-state index contributed by atoms with van der Waals surface area (Å²) in [6.07, 6.45) is 3.30. The van der Waals surface area contributed by atoms with Crippen LogP contribution in [0.3, 0.4) is 0 Å². The molecule has 3 N–H and O–H groups in total. The van der Waals surface area contributed by atoms with E-state index in [0.29, 0.717) is 63.4 Å². The molecule has 170 valence electrons. The van der Waals surface area contributed by atoms with E-state index in [1.54, 1.807) is 7.05 Å². The van der Waals surface area contributed by atoms with Gasteiger partial charge in [-0.2, -0.15) is 0 Å². The maximum absolute atomic E-state index is 13.4. The Balaban J connectivity index is 2.19. The van der Waals surface area contributed by atoms with Crippen LogP contribution in [0.15, 0.2) is 10.9 Å². The Morgan fingerprint density at radius 3 is 2.22 bits per heavy atom. The van der Waals surface area contributed by atoms with Crippen LogP contribution in [0.4, 0.5) is 0 Å². The molecule has 3 aromatic rings. The molecule has 1 aromatic heterocycles. The summed E-state index contributed by atoms with van der Waals surface area (Å²) in [6.45, 7) is 2.06. The van der Waals surface area contributed by atoms with Gasteiger partial charge in [-0.1, -0.05) is 24.9 Å². The second-order valence-electron chi connectivity index (χ2n) is 8.02. The summed E-state index contributed by atoms with van der Waals surface area (Å²) >= 11 is 6.80. The van der Waals surface area contributed by atoms with Gasteiger partial charge in [-0.05, 0) is 25.7 Å². The third kappa shape index (κ3) is 2.98. The maximum Gasteiger partial charge on any atom is 0.262 e. The van der Waals surface area contributed by atoms with Crippen molar-refractivity contribution in [3.63, 3.8) is 0 Å². The molecule has 2 aromatic carbocycles. The van der Waals surface area contributed by atoms with Crippen LogP contribution in [0.2, 0.25) is 5.02 Å². The van der Waals surface area contributed by atoms with Gasteiger partial charge in [-0.3, -0.25) is 4.79 Å². The Bertz CT molecular complexity index is 1310. The molecular weight excluding hydrogens is 434 g/mol. The standard InChI is InChI=1S/C24H26ClNO6/c1-5-6-7-13-20(25)18-19(24(30)26(13)2)21(29)17-12(23(18)32-4)9-8-11-16(17)14(27)10-15(28)22(11)31-3/h10,27-29H,5-9H2,1-4H3. The molecule has 0 atom stereocenters. The number of methoxy groups -OCH3 is 2. The average molecular weight is 460 g/mol. The van der Waals surface area contributed by atoms with Crippen molar-refractivity contribution in [2.24, 2.45) is 7.05 Å². The third-order valence-electron chi connectivity index (χ3n) is 6.31. The molecule has 1 aliphatic carbocycles. The predicted molar refractivity (Wildman–Crippen MR) is 124 cm³/mol. The van der Waals surface area contributed by atoms with Gasteiger partial charge in [0.15, 0.2) is 11.5 Å². The summed E-state index contributed by atoms with van der Waals surface area (Å²) in [6, 6.07) is 1.17. The van der Waals surface area contributed by atoms with Gasteiger partial charge in [-0.15, -0.1) is 0 Å². The minimum Gasteiger partial charge on any atom is -0.507 e. The molecule has 0 radical (unpaired) electrons. The van der Waals surface area contributed by atoms with Crippen molar-refractivity contribution >= 4 is 22.4 Å². The van der Waals surface area contributed by atoms with Gasteiger partial charge in [0, 0.05) is 41.1 Å². The topological polar surface area (TPSA) is 101 Å². The predicted octanol–water partition coefficient (Wildman–Crippen LogP) is 4.43. The van der Waals surface area contributed by atoms with Crippen molar-refractivity contribution < 1.29 is 24.8 Å². The highest BCUT2D eigenvalue weighted by Gasteiger charge is 2.33. The van der Waals surface area contributed by atoms with Crippen LogP contribution >= 0.6 is 11.6 Å². The van der Waals surface area contributed by atoms with Crippen molar-refractivity contribution in [3.05, 3.63) is 38.3 Å². The van der Waals surface area contributed by atoms with Gasteiger partial charge in [0.05, 0.1) is 30.0 Å². The van der Waals surface area contributed by atoms with Crippen molar-refractivity contribution in [3.8, 4) is 39.9 Å². The number of hydrogen-bond donors (Lipinski definition) is 3. The van der Waals surface area contributed by atoms with E-state index in [4.69, 9.17) is 21.1 Å². The van der Waals surface area contributed by atoms with Gasteiger partial charge < -0.3 is 29.4 Å². The number of pyridine rings is 1. The van der Waals surface area contributed by atoms with Crippen molar-refractivity contribution in [2.45, 2.75) is 39.0 Å². The minimum atomic E-state index is -0.397. The summed E-state index contributed by atoms with van der Waals surface area (Å²) in [4.78, 5) is 13.4. The van der Waals surface area contributed by atoms with Gasteiger partial charge >= 0.3 is 0 Å². The number of nitrogens with zero attached hydrogens (tertiary/aromatic N) is 1. The molecule has 0 aliphatic heterocycles. The Hall–Kier alpha value is -3.06. The van der Waals surface area contributed by atoms with Gasteiger partial charge in [0.25, 0.3) is 5.56 Å². The van der Waals surface area contributed by atoms with Crippen LogP contribution < -0.4 is 15.0 Å². The van der Waals surface area contributed by atoms with E-state index >= 15 is 0 Å². The van der Waals surface area contributed by atoms with Gasteiger partial charge in [-0.25, -0.2) is 0 Å². The molecule has 0 saturated heterocycles. The molecule has 4 rings (SSSR count). The van der Waals surface area contributed by atoms with Gasteiger partial charge in [0.1, 0.15) is 17.2 Å². The number of fused-ring (bicyclic) bond motifs is 4. The van der Waals surface area contributed by atoms with E-state index in [-0.39, 0.29) is 28.4 Å². The molecular formula is C24H26ClNO6. The molecule has 32 heavy (non-hydrogen) atoms. The lowest BCUT2D eigenvalue weighted by molar-refractivity contribution is 0.364. The van der Waals surface area contributed by atoms with Crippen LogP contribution in [-0.4, -0.2) is 34.1 Å². The summed E-state index contributed by atoms with van der Waals surface area (Å²) in [7, 11) is 4.56. The Kier molecular flexibility index (Phi) is 5.63. The fourth-order valence-electron chi connectivity index (χ4n) is 4.80. The fourth-order valence-corrected chi connectivity index (χ4v) is 5.21. The van der Waals surface area contributed by atoms with E-state index in [9.17, 15) is 20.1 Å². The van der Waals surface area contributed by atoms with E-state index in [2.05, 4.69) is 6.92 Å². The molecule has 0 amide bonds. The molecule has 1 aliphatic rings. The third-order valence-corrected chi connectivity index (χ3v) is 6.72. The first-order chi connectivity index (χ1) is 15.3. The van der Waals surface area contributed by atoms with Crippen LogP contribution in [0, 0.1) is 0 Å². The number of aromatic nitrogens is 1. The SMILES string of the molecule is CCCCc1c(Cl)c2c(OC)c3c(c(O)c2c(=O)n1C)-c1c(O)cc(O)c(OC)c1CC3. The van der Waals surface area contributed by atoms with Crippen LogP contribution in [0.25, 0.3) is 21.9 Å². The summed E-state index contributed by atoms with van der Waals surface area (Å²) < 4.78 is 12.6. The van der Waals surface area contributed by atoms with Crippen molar-refractivity contribution in [2.75, 3.05) is 14.2 Å². The molecule has 0 saturated carbocycles. The number of hydrogen-bond acceptors (Lipinski definition) is 6. The zero-order chi connectivity index (χ0) is 23.3. The number of halogens is 1. The number of phenols is 3. The second-order valence-corrected chi connectivity index (χ2v) is 8.39. The monoisotopic (exact) mass is 459 g/mol. The fraction of sp³-hybridized carbons (Fsp3) is 0.375. The first-order valence-electron chi connectivity index (χ1n) is 10.5. The highest BCUT2D eigenvalue weighted by molar-refractivity contribution is 6.37. The molecule has 7 nitrogen and oxygen atoms in total. The normalized spacial score (nSPS) is 12.5. The van der Waals surface area contributed by atoms with Crippen LogP contribution in [0.5, 0.6) is 28.7 Å². The summed E-state index contributed by atoms with van der Waals surface area (Å²) in [5.41, 5.74) is 2.09. The van der Waals surface area contributed by atoms with E-state index < -0.39 is 5.56 Å². The minimum absolute atomic E-state index is 0.0349. The number of rotatable bonds is 5. The van der Waals surface area contributed by atoms with Gasteiger partial charge in [0.2, 0.25) is 0 Å². The zero-order valence-electron chi connectivity index (χ0n) is 18.5. The quantitative estimate of drug-likeness (QED) is 0.521. The number of unbranched alkanes of at least 4 members (excludes halogenated alkanes) is 1. The Morgan fingerprint density at radius 1 is 1.00 bits per heavy atom. The number of phenolic OH excluding ortho intramolecular Hbond substituents is 3. The number of aromatic hydroxyl groups is 3. The highest BCUT2D eigenvalue weighted by atomic mass is 35.5. The number of ether oxygens (including phenoxy) is 2. The molecule has 1 heterocycles. The second kappa shape index (κ2) is 8.13. The van der Waals surface area contributed by atoms with Crippen LogP contribution in [-0.2, 0) is 26.3 Å².